The summed E-state index contributed by atoms with van der Waals surface area (Å²) in [6.45, 7) is 6.50. The zero-order chi connectivity index (χ0) is 12.0. The number of carbonyl (C=O) groups excluding carboxylic acids is 1. The topological polar surface area (TPSA) is 32.3 Å². The van der Waals surface area contributed by atoms with Crippen molar-refractivity contribution in [3.63, 3.8) is 0 Å². The van der Waals surface area contributed by atoms with E-state index in [9.17, 15) is 4.79 Å². The van der Waals surface area contributed by atoms with E-state index in [4.69, 9.17) is 0 Å². The minimum Gasteiger partial charge on any atom is -0.342 e. The standard InChI is InChI=1S/C13H26N2O/c1-4-6-7-13(16)15(3)12(5-2)11-8-9-14-10-11/h11-12,14H,4-10H2,1-3H3. The molecule has 16 heavy (non-hydrogen) atoms. The highest BCUT2D eigenvalue weighted by Gasteiger charge is 2.28. The third-order valence-corrected chi connectivity index (χ3v) is 3.70. The van der Waals surface area contributed by atoms with Crippen LogP contribution in [0.25, 0.3) is 0 Å². The molecule has 1 rings (SSSR count). The number of nitrogens with one attached hydrogen (secondary N) is 1. The molecular formula is C13H26N2O. The van der Waals surface area contributed by atoms with E-state index in [1.165, 1.54) is 6.42 Å². The van der Waals surface area contributed by atoms with E-state index in [1.54, 1.807) is 0 Å². The number of rotatable bonds is 6. The molecule has 0 saturated carbocycles. The van der Waals surface area contributed by atoms with Gasteiger partial charge < -0.3 is 10.2 Å². The first-order valence-electron chi connectivity index (χ1n) is 6.67. The van der Waals surface area contributed by atoms with E-state index in [0.717, 1.165) is 32.4 Å². The predicted octanol–water partition coefficient (Wildman–Crippen LogP) is 2.02. The zero-order valence-electron chi connectivity index (χ0n) is 11.0. The van der Waals surface area contributed by atoms with Crippen LogP contribution in [0, 0.1) is 5.92 Å². The Morgan fingerprint density at radius 1 is 1.50 bits per heavy atom. The molecule has 1 aliphatic heterocycles. The molecule has 94 valence electrons. The zero-order valence-corrected chi connectivity index (χ0v) is 11.0. The lowest BCUT2D eigenvalue weighted by molar-refractivity contribution is -0.133. The minimum absolute atomic E-state index is 0.320. The van der Waals surface area contributed by atoms with Gasteiger partial charge in [-0.3, -0.25) is 4.79 Å². The van der Waals surface area contributed by atoms with Crippen LogP contribution in [-0.2, 0) is 4.79 Å². The first kappa shape index (κ1) is 13.5. The molecule has 0 aromatic carbocycles. The Morgan fingerprint density at radius 2 is 2.25 bits per heavy atom. The van der Waals surface area contributed by atoms with Crippen LogP contribution in [-0.4, -0.2) is 37.0 Å². The predicted molar refractivity (Wildman–Crippen MR) is 67.4 cm³/mol. The van der Waals surface area contributed by atoms with E-state index in [2.05, 4.69) is 19.2 Å². The van der Waals surface area contributed by atoms with E-state index in [0.29, 0.717) is 24.3 Å². The molecule has 1 heterocycles. The SMILES string of the molecule is CCCCC(=O)N(C)C(CC)C1CCNC1. The van der Waals surface area contributed by atoms with Crippen LogP contribution in [0.1, 0.15) is 46.0 Å². The number of hydrogen-bond acceptors (Lipinski definition) is 2. The molecule has 1 saturated heterocycles. The largest absolute Gasteiger partial charge is 0.342 e. The summed E-state index contributed by atoms with van der Waals surface area (Å²) in [6, 6.07) is 0.430. The van der Waals surface area contributed by atoms with Gasteiger partial charge >= 0.3 is 0 Å². The highest BCUT2D eigenvalue weighted by atomic mass is 16.2. The highest BCUT2D eigenvalue weighted by molar-refractivity contribution is 5.76. The van der Waals surface area contributed by atoms with Gasteiger partial charge in [0.2, 0.25) is 5.91 Å². The van der Waals surface area contributed by atoms with Crippen LogP contribution in [0.15, 0.2) is 0 Å². The van der Waals surface area contributed by atoms with Crippen LogP contribution in [0.3, 0.4) is 0 Å². The number of hydrogen-bond donors (Lipinski definition) is 1. The van der Waals surface area contributed by atoms with Crippen LogP contribution in [0.5, 0.6) is 0 Å². The highest BCUT2D eigenvalue weighted by Crippen LogP contribution is 2.20. The summed E-state index contributed by atoms with van der Waals surface area (Å²) < 4.78 is 0. The van der Waals surface area contributed by atoms with Crippen molar-refractivity contribution in [1.29, 1.82) is 0 Å². The van der Waals surface area contributed by atoms with Crippen molar-refractivity contribution >= 4 is 5.91 Å². The summed E-state index contributed by atoms with van der Waals surface area (Å²) in [4.78, 5) is 14.0. The fourth-order valence-corrected chi connectivity index (χ4v) is 2.62. The molecule has 2 atom stereocenters. The van der Waals surface area contributed by atoms with Gasteiger partial charge in [-0.05, 0) is 38.3 Å². The van der Waals surface area contributed by atoms with Gasteiger partial charge in [0.15, 0.2) is 0 Å². The molecule has 3 heteroatoms. The molecule has 0 aromatic rings. The lowest BCUT2D eigenvalue weighted by atomic mass is 9.95. The van der Waals surface area contributed by atoms with Gasteiger partial charge in [-0.1, -0.05) is 20.3 Å². The Kier molecular flexibility index (Phi) is 5.81. The first-order chi connectivity index (χ1) is 7.70. The normalized spacial score (nSPS) is 22.1. The van der Waals surface area contributed by atoms with Crippen molar-refractivity contribution in [2.75, 3.05) is 20.1 Å². The van der Waals surface area contributed by atoms with E-state index >= 15 is 0 Å². The number of carbonyl (C=O) groups is 1. The first-order valence-corrected chi connectivity index (χ1v) is 6.67. The van der Waals surface area contributed by atoms with E-state index in [1.807, 2.05) is 11.9 Å². The third kappa shape index (κ3) is 3.48. The Morgan fingerprint density at radius 3 is 2.75 bits per heavy atom. The molecular weight excluding hydrogens is 200 g/mol. The molecule has 3 nitrogen and oxygen atoms in total. The number of amides is 1. The second-order valence-corrected chi connectivity index (χ2v) is 4.84. The average molecular weight is 226 g/mol. The minimum atomic E-state index is 0.320. The molecule has 0 radical (unpaired) electrons. The molecule has 0 bridgehead atoms. The Balaban J connectivity index is 2.47. The summed E-state index contributed by atoms with van der Waals surface area (Å²) in [7, 11) is 1.98. The lowest BCUT2D eigenvalue weighted by Gasteiger charge is -2.31. The van der Waals surface area contributed by atoms with Crippen LogP contribution in [0.2, 0.25) is 0 Å². The van der Waals surface area contributed by atoms with Crippen molar-refractivity contribution in [2.24, 2.45) is 5.92 Å². The monoisotopic (exact) mass is 226 g/mol. The second-order valence-electron chi connectivity index (χ2n) is 4.84. The molecule has 1 amide bonds. The smallest absolute Gasteiger partial charge is 0.222 e. The summed E-state index contributed by atoms with van der Waals surface area (Å²) in [5.74, 6) is 0.973. The van der Waals surface area contributed by atoms with Crippen LogP contribution in [0.4, 0.5) is 0 Å². The molecule has 1 aliphatic rings. The molecule has 0 spiro atoms. The summed E-state index contributed by atoms with van der Waals surface area (Å²) in [5.41, 5.74) is 0. The Bertz CT molecular complexity index is 212. The lowest BCUT2D eigenvalue weighted by Crippen LogP contribution is -2.42. The quantitative estimate of drug-likeness (QED) is 0.751. The van der Waals surface area contributed by atoms with Crippen molar-refractivity contribution in [3.8, 4) is 0 Å². The van der Waals surface area contributed by atoms with Crippen LogP contribution < -0.4 is 5.32 Å². The van der Waals surface area contributed by atoms with Gasteiger partial charge in [0, 0.05) is 19.5 Å². The molecule has 2 unspecified atom stereocenters. The molecule has 0 aliphatic carbocycles. The fourth-order valence-electron chi connectivity index (χ4n) is 2.62. The van der Waals surface area contributed by atoms with Gasteiger partial charge in [0.1, 0.15) is 0 Å². The number of nitrogens with zero attached hydrogens (tertiary/aromatic N) is 1. The van der Waals surface area contributed by atoms with Crippen molar-refractivity contribution in [2.45, 2.75) is 52.0 Å². The van der Waals surface area contributed by atoms with Gasteiger partial charge in [0.25, 0.3) is 0 Å². The second kappa shape index (κ2) is 6.89. The fraction of sp³-hybridized carbons (Fsp3) is 0.923. The molecule has 1 N–H and O–H groups in total. The summed E-state index contributed by atoms with van der Waals surface area (Å²) in [6.07, 6.45) is 5.11. The van der Waals surface area contributed by atoms with Gasteiger partial charge in [0.05, 0.1) is 0 Å². The molecule has 1 fully saturated rings. The Hall–Kier alpha value is -0.570. The van der Waals surface area contributed by atoms with E-state index < -0.39 is 0 Å². The van der Waals surface area contributed by atoms with Gasteiger partial charge in [-0.2, -0.15) is 0 Å². The van der Waals surface area contributed by atoms with Gasteiger partial charge in [-0.25, -0.2) is 0 Å². The van der Waals surface area contributed by atoms with Crippen molar-refractivity contribution in [3.05, 3.63) is 0 Å². The average Bonchev–Trinajstić information content (AvgIpc) is 2.80. The maximum atomic E-state index is 12.0. The summed E-state index contributed by atoms with van der Waals surface area (Å²) in [5, 5.41) is 3.39. The maximum Gasteiger partial charge on any atom is 0.222 e. The maximum absolute atomic E-state index is 12.0. The summed E-state index contributed by atoms with van der Waals surface area (Å²) >= 11 is 0. The van der Waals surface area contributed by atoms with E-state index in [-0.39, 0.29) is 0 Å². The van der Waals surface area contributed by atoms with Gasteiger partial charge in [-0.15, -0.1) is 0 Å². The van der Waals surface area contributed by atoms with Crippen molar-refractivity contribution in [1.82, 2.24) is 10.2 Å². The molecule has 0 aromatic heterocycles. The Labute approximate surface area is 99.6 Å². The van der Waals surface area contributed by atoms with Crippen molar-refractivity contribution < 1.29 is 4.79 Å². The van der Waals surface area contributed by atoms with Crippen LogP contribution >= 0.6 is 0 Å². The third-order valence-electron chi connectivity index (χ3n) is 3.70. The number of unbranched alkanes of at least 4 members (excludes halogenated alkanes) is 1.